The summed E-state index contributed by atoms with van der Waals surface area (Å²) in [4.78, 5) is 29.8. The minimum Gasteiger partial charge on any atom is -0.381 e. The largest absolute Gasteiger partial charge is 0.381 e. The number of carbonyl (C=O) groups is 2. The minimum absolute atomic E-state index is 0.140. The molecule has 2 saturated heterocycles. The molecule has 1 atom stereocenters. The van der Waals surface area contributed by atoms with Gasteiger partial charge in [0.1, 0.15) is 0 Å². The molecule has 0 aliphatic carbocycles. The fourth-order valence-corrected chi connectivity index (χ4v) is 3.18. The van der Waals surface area contributed by atoms with Gasteiger partial charge in [0.25, 0.3) is 5.91 Å². The molecule has 1 aromatic heterocycles. The first kappa shape index (κ1) is 15.0. The van der Waals surface area contributed by atoms with Crippen LogP contribution in [0.5, 0.6) is 0 Å². The zero-order valence-corrected chi connectivity index (χ0v) is 12.6. The Bertz CT molecular complexity index is 541. The summed E-state index contributed by atoms with van der Waals surface area (Å²) in [5.74, 6) is 0.0182. The molecule has 6 nitrogen and oxygen atoms in total. The molecule has 1 spiro atoms. The van der Waals surface area contributed by atoms with E-state index in [4.69, 9.17) is 4.74 Å². The summed E-state index contributed by atoms with van der Waals surface area (Å²) in [7, 11) is 0. The molecule has 3 rings (SSSR count). The molecule has 22 heavy (non-hydrogen) atoms. The molecule has 6 heteroatoms. The van der Waals surface area contributed by atoms with Gasteiger partial charge in [-0.05, 0) is 25.0 Å². The summed E-state index contributed by atoms with van der Waals surface area (Å²) in [6.07, 6.45) is 5.70. The maximum absolute atomic E-state index is 12.0. The van der Waals surface area contributed by atoms with E-state index in [0.29, 0.717) is 25.1 Å². The van der Waals surface area contributed by atoms with E-state index in [1.165, 1.54) is 6.20 Å². The third-order valence-electron chi connectivity index (χ3n) is 4.52. The summed E-state index contributed by atoms with van der Waals surface area (Å²) >= 11 is 0. The highest BCUT2D eigenvalue weighted by Gasteiger charge is 2.41. The van der Waals surface area contributed by atoms with Crippen LogP contribution in [-0.4, -0.2) is 54.5 Å². The van der Waals surface area contributed by atoms with Crippen molar-refractivity contribution in [1.29, 1.82) is 0 Å². The van der Waals surface area contributed by atoms with Crippen molar-refractivity contribution in [2.24, 2.45) is 5.41 Å². The van der Waals surface area contributed by atoms with Gasteiger partial charge in [0.2, 0.25) is 5.91 Å². The van der Waals surface area contributed by atoms with Crippen molar-refractivity contribution in [3.8, 4) is 0 Å². The Morgan fingerprint density at radius 2 is 2.36 bits per heavy atom. The average Bonchev–Trinajstić information content (AvgIpc) is 3.00. The summed E-state index contributed by atoms with van der Waals surface area (Å²) in [5, 5.41) is 2.84. The minimum atomic E-state index is -0.156. The van der Waals surface area contributed by atoms with E-state index in [2.05, 4.69) is 10.3 Å². The fourth-order valence-electron chi connectivity index (χ4n) is 3.18. The molecule has 0 aromatic carbocycles. The number of ether oxygens (including phenoxy) is 1. The highest BCUT2D eigenvalue weighted by molar-refractivity contribution is 5.93. The van der Waals surface area contributed by atoms with Crippen LogP contribution >= 0.6 is 0 Å². The van der Waals surface area contributed by atoms with Gasteiger partial charge in [-0.25, -0.2) is 0 Å². The van der Waals surface area contributed by atoms with Gasteiger partial charge in [-0.2, -0.15) is 0 Å². The second-order valence-corrected chi connectivity index (χ2v) is 6.12. The standard InChI is InChI=1S/C16H21N3O3/c20-14-3-4-16(5-9-22-12-16)11-19(14)8-7-18-15(21)13-2-1-6-17-10-13/h1-2,6,10H,3-5,7-9,11-12H2,(H,18,21)/t16-/m1/s1. The number of hydrogen-bond donors (Lipinski definition) is 1. The zero-order valence-electron chi connectivity index (χ0n) is 12.6. The van der Waals surface area contributed by atoms with Crippen molar-refractivity contribution >= 4 is 11.8 Å². The number of nitrogens with zero attached hydrogens (tertiary/aromatic N) is 2. The van der Waals surface area contributed by atoms with Crippen LogP contribution < -0.4 is 5.32 Å². The third-order valence-corrected chi connectivity index (χ3v) is 4.52. The number of carbonyl (C=O) groups excluding carboxylic acids is 2. The van der Waals surface area contributed by atoms with E-state index in [1.807, 2.05) is 4.90 Å². The Labute approximate surface area is 129 Å². The lowest BCUT2D eigenvalue weighted by atomic mass is 9.79. The molecule has 2 aliphatic heterocycles. The average molecular weight is 303 g/mol. The van der Waals surface area contributed by atoms with Gasteiger partial charge < -0.3 is 15.0 Å². The predicted molar refractivity (Wildman–Crippen MR) is 80.3 cm³/mol. The molecule has 1 N–H and O–H groups in total. The zero-order chi connectivity index (χ0) is 15.4. The highest BCUT2D eigenvalue weighted by atomic mass is 16.5. The van der Waals surface area contributed by atoms with Gasteiger partial charge in [-0.3, -0.25) is 14.6 Å². The number of nitrogens with one attached hydrogen (secondary N) is 1. The normalized spacial score (nSPS) is 24.7. The number of hydrogen-bond acceptors (Lipinski definition) is 4. The van der Waals surface area contributed by atoms with Crippen LogP contribution in [0.15, 0.2) is 24.5 Å². The van der Waals surface area contributed by atoms with Crippen molar-refractivity contribution in [1.82, 2.24) is 15.2 Å². The summed E-state index contributed by atoms with van der Waals surface area (Å²) in [5.41, 5.74) is 0.675. The Balaban J connectivity index is 1.50. The number of likely N-dealkylation sites (tertiary alicyclic amines) is 1. The maximum atomic E-state index is 12.0. The van der Waals surface area contributed by atoms with Crippen LogP contribution in [0.3, 0.4) is 0 Å². The van der Waals surface area contributed by atoms with Crippen molar-refractivity contribution in [3.05, 3.63) is 30.1 Å². The first-order chi connectivity index (χ1) is 10.7. The molecular weight excluding hydrogens is 282 g/mol. The molecule has 3 heterocycles. The molecular formula is C16H21N3O3. The Hall–Kier alpha value is -1.95. The number of amides is 2. The van der Waals surface area contributed by atoms with Crippen LogP contribution in [0.2, 0.25) is 0 Å². The van der Waals surface area contributed by atoms with Gasteiger partial charge in [-0.15, -0.1) is 0 Å². The molecule has 0 saturated carbocycles. The summed E-state index contributed by atoms with van der Waals surface area (Å²) in [6.45, 7) is 3.29. The smallest absolute Gasteiger partial charge is 0.252 e. The Kier molecular flexibility index (Phi) is 4.38. The van der Waals surface area contributed by atoms with Gasteiger partial charge in [0, 0.05) is 50.5 Å². The lowest BCUT2D eigenvalue weighted by Crippen LogP contribution is -2.49. The topological polar surface area (TPSA) is 71.5 Å². The Morgan fingerprint density at radius 3 is 3.09 bits per heavy atom. The van der Waals surface area contributed by atoms with E-state index in [-0.39, 0.29) is 17.2 Å². The first-order valence-corrected chi connectivity index (χ1v) is 7.72. The van der Waals surface area contributed by atoms with E-state index in [0.717, 1.165) is 32.6 Å². The number of aromatic nitrogens is 1. The predicted octanol–water partition coefficient (Wildman–Crippen LogP) is 0.840. The van der Waals surface area contributed by atoms with Crippen LogP contribution in [0.1, 0.15) is 29.6 Å². The summed E-state index contributed by atoms with van der Waals surface area (Å²) in [6, 6.07) is 3.45. The molecule has 0 unspecified atom stereocenters. The number of pyridine rings is 1. The second kappa shape index (κ2) is 6.44. The number of piperidine rings is 1. The van der Waals surface area contributed by atoms with E-state index >= 15 is 0 Å². The molecule has 0 bridgehead atoms. The molecule has 1 aromatic rings. The fraction of sp³-hybridized carbons (Fsp3) is 0.562. The Morgan fingerprint density at radius 1 is 1.45 bits per heavy atom. The van der Waals surface area contributed by atoms with Crippen LogP contribution in [0.25, 0.3) is 0 Å². The molecule has 118 valence electrons. The van der Waals surface area contributed by atoms with Crippen LogP contribution in [0, 0.1) is 5.41 Å². The summed E-state index contributed by atoms with van der Waals surface area (Å²) < 4.78 is 5.51. The number of rotatable bonds is 4. The lowest BCUT2D eigenvalue weighted by molar-refractivity contribution is -0.137. The maximum Gasteiger partial charge on any atom is 0.252 e. The first-order valence-electron chi connectivity index (χ1n) is 7.72. The molecule has 0 radical (unpaired) electrons. The van der Waals surface area contributed by atoms with Gasteiger partial charge in [0.05, 0.1) is 12.2 Å². The van der Waals surface area contributed by atoms with Gasteiger partial charge in [-0.1, -0.05) is 0 Å². The highest BCUT2D eigenvalue weighted by Crippen LogP contribution is 2.37. The van der Waals surface area contributed by atoms with E-state index in [9.17, 15) is 9.59 Å². The molecule has 2 fully saturated rings. The second-order valence-electron chi connectivity index (χ2n) is 6.12. The van der Waals surface area contributed by atoms with Crippen LogP contribution in [0.4, 0.5) is 0 Å². The lowest BCUT2D eigenvalue weighted by Gasteiger charge is -2.39. The van der Waals surface area contributed by atoms with Gasteiger partial charge >= 0.3 is 0 Å². The van der Waals surface area contributed by atoms with Crippen molar-refractivity contribution in [2.45, 2.75) is 19.3 Å². The quantitative estimate of drug-likeness (QED) is 0.895. The SMILES string of the molecule is O=C(NCCN1C[C@]2(CCOC2)CCC1=O)c1cccnc1. The van der Waals surface area contributed by atoms with Crippen molar-refractivity contribution in [3.63, 3.8) is 0 Å². The van der Waals surface area contributed by atoms with Crippen molar-refractivity contribution < 1.29 is 14.3 Å². The monoisotopic (exact) mass is 303 g/mol. The third kappa shape index (κ3) is 3.27. The molecule has 2 aliphatic rings. The van der Waals surface area contributed by atoms with Crippen LogP contribution in [-0.2, 0) is 9.53 Å². The molecule has 2 amide bonds. The van der Waals surface area contributed by atoms with E-state index < -0.39 is 0 Å². The van der Waals surface area contributed by atoms with Crippen molar-refractivity contribution in [2.75, 3.05) is 32.8 Å². The van der Waals surface area contributed by atoms with Gasteiger partial charge in [0.15, 0.2) is 0 Å². The van der Waals surface area contributed by atoms with E-state index in [1.54, 1.807) is 18.3 Å².